The molecule has 0 aliphatic heterocycles. The van der Waals surface area contributed by atoms with Crippen molar-refractivity contribution in [2.45, 2.75) is 16.7 Å². The summed E-state index contributed by atoms with van der Waals surface area (Å²) >= 11 is 0. The standard InChI is InChI=1S/C31H24N6O12S3/c1-17(38)32-26-16-25-19(14-27(26)51(44,45)46)15-28(52(47,48)49)29(30(25)39)37-36-21-4-2-18(3-5-21)31(40)33-20-6-8-22(9-7-20)34-35-23-10-12-24(13-11-23)50(41,42)43/h2-16,36H,1H3,(H,32,38)(H,33,40)(H,41,42,43)(H,44,45,46)(H,47,48,49). The summed E-state index contributed by atoms with van der Waals surface area (Å²) in [5, 5.41) is 16.7. The number of Topliss-reactive ketones (excluding diaryl/α,β-unsaturated/α-hetero) is 1. The van der Waals surface area contributed by atoms with Gasteiger partial charge in [-0.3, -0.25) is 33.5 Å². The van der Waals surface area contributed by atoms with Crippen molar-refractivity contribution in [1.82, 2.24) is 0 Å². The molecule has 0 saturated heterocycles. The zero-order valence-electron chi connectivity index (χ0n) is 26.2. The van der Waals surface area contributed by atoms with Crippen LogP contribution in [0.25, 0.3) is 6.08 Å². The Morgan fingerprint density at radius 2 is 1.23 bits per heavy atom. The van der Waals surface area contributed by atoms with Crippen LogP contribution in [0.3, 0.4) is 0 Å². The second-order valence-corrected chi connectivity index (χ2v) is 14.9. The van der Waals surface area contributed by atoms with Crippen LogP contribution in [0.2, 0.25) is 0 Å². The lowest BCUT2D eigenvalue weighted by Crippen LogP contribution is -2.27. The number of azo groups is 1. The van der Waals surface area contributed by atoms with E-state index in [4.69, 9.17) is 4.55 Å². The highest BCUT2D eigenvalue weighted by molar-refractivity contribution is 7.91. The van der Waals surface area contributed by atoms with Gasteiger partial charge in [-0.25, -0.2) is 0 Å². The van der Waals surface area contributed by atoms with Gasteiger partial charge in [0, 0.05) is 23.7 Å². The Bertz CT molecular complexity index is 2550. The molecule has 5 rings (SSSR count). The van der Waals surface area contributed by atoms with Gasteiger partial charge in [-0.15, -0.1) is 0 Å². The van der Waals surface area contributed by atoms with Gasteiger partial charge in [0.15, 0.2) is 5.71 Å². The first-order valence-electron chi connectivity index (χ1n) is 14.3. The predicted molar refractivity (Wildman–Crippen MR) is 187 cm³/mol. The molecule has 4 aromatic carbocycles. The summed E-state index contributed by atoms with van der Waals surface area (Å²) < 4.78 is 99.0. The number of hydrazone groups is 1. The highest BCUT2D eigenvalue weighted by Crippen LogP contribution is 2.33. The lowest BCUT2D eigenvalue weighted by Gasteiger charge is -2.19. The third-order valence-corrected chi connectivity index (χ3v) is 9.61. The van der Waals surface area contributed by atoms with Gasteiger partial charge in [0.25, 0.3) is 36.3 Å². The molecular formula is C31H24N6O12S3. The van der Waals surface area contributed by atoms with Crippen molar-refractivity contribution in [2.24, 2.45) is 15.3 Å². The van der Waals surface area contributed by atoms with E-state index < -0.39 is 69.2 Å². The van der Waals surface area contributed by atoms with Crippen LogP contribution in [0, 0.1) is 0 Å². The number of nitrogens with zero attached hydrogens (tertiary/aromatic N) is 3. The third-order valence-electron chi connectivity index (χ3n) is 6.98. The van der Waals surface area contributed by atoms with Gasteiger partial charge in [0.05, 0.1) is 27.6 Å². The third kappa shape index (κ3) is 8.84. The van der Waals surface area contributed by atoms with Crippen molar-refractivity contribution in [3.8, 4) is 0 Å². The Morgan fingerprint density at radius 1 is 0.673 bits per heavy atom. The predicted octanol–water partition coefficient (Wildman–Crippen LogP) is 4.70. The van der Waals surface area contributed by atoms with Crippen LogP contribution in [0.1, 0.15) is 33.2 Å². The Morgan fingerprint density at radius 3 is 1.75 bits per heavy atom. The number of ketones is 1. The first-order chi connectivity index (χ1) is 24.3. The normalized spacial score (nSPS) is 14.1. The zero-order chi connectivity index (χ0) is 38.0. The van der Waals surface area contributed by atoms with Gasteiger partial charge < -0.3 is 10.6 Å². The number of carbonyl (C=O) groups excluding carboxylic acids is 3. The molecule has 0 radical (unpaired) electrons. The molecule has 0 bridgehead atoms. The van der Waals surface area contributed by atoms with Crippen LogP contribution in [-0.2, 0) is 35.1 Å². The van der Waals surface area contributed by atoms with Crippen molar-refractivity contribution in [3.63, 3.8) is 0 Å². The van der Waals surface area contributed by atoms with E-state index in [-0.39, 0.29) is 27.3 Å². The molecule has 0 aromatic heterocycles. The molecule has 0 unspecified atom stereocenters. The lowest BCUT2D eigenvalue weighted by atomic mass is 9.94. The van der Waals surface area contributed by atoms with Crippen molar-refractivity contribution in [2.75, 3.05) is 16.1 Å². The summed E-state index contributed by atoms with van der Waals surface area (Å²) in [6.45, 7) is 1.05. The first-order valence-corrected chi connectivity index (χ1v) is 18.6. The van der Waals surface area contributed by atoms with E-state index in [2.05, 4.69) is 31.4 Å². The van der Waals surface area contributed by atoms with E-state index in [0.717, 1.165) is 25.1 Å². The van der Waals surface area contributed by atoms with Crippen molar-refractivity contribution >= 4 is 88.2 Å². The number of amides is 2. The van der Waals surface area contributed by atoms with Crippen molar-refractivity contribution < 1.29 is 53.3 Å². The quantitative estimate of drug-likeness (QED) is 0.0725. The molecule has 52 heavy (non-hydrogen) atoms. The molecule has 0 spiro atoms. The molecule has 2 amide bonds. The van der Waals surface area contributed by atoms with Crippen molar-refractivity contribution in [1.29, 1.82) is 0 Å². The fourth-order valence-electron chi connectivity index (χ4n) is 4.60. The number of carbonyl (C=O) groups is 3. The second kappa shape index (κ2) is 14.3. The molecule has 6 N–H and O–H groups in total. The van der Waals surface area contributed by atoms with E-state index in [0.29, 0.717) is 17.1 Å². The average molecular weight is 769 g/mol. The largest absolute Gasteiger partial charge is 0.325 e. The smallest absolute Gasteiger partial charge is 0.296 e. The minimum Gasteiger partial charge on any atom is -0.325 e. The molecule has 0 fully saturated rings. The first kappa shape index (κ1) is 37.3. The van der Waals surface area contributed by atoms with Crippen LogP contribution < -0.4 is 16.1 Å². The number of nitrogens with one attached hydrogen (secondary N) is 3. The maximum atomic E-state index is 13.4. The number of fused-ring (bicyclic) bond motifs is 1. The number of hydrogen-bond acceptors (Lipinski definition) is 13. The summed E-state index contributed by atoms with van der Waals surface area (Å²) in [7, 11) is -14.4. The van der Waals surface area contributed by atoms with Crippen LogP contribution in [0.5, 0.6) is 0 Å². The lowest BCUT2D eigenvalue weighted by molar-refractivity contribution is -0.114. The molecule has 0 saturated carbocycles. The zero-order valence-corrected chi connectivity index (χ0v) is 28.7. The molecule has 1 aliphatic rings. The van der Waals surface area contributed by atoms with E-state index in [1.54, 1.807) is 24.3 Å². The van der Waals surface area contributed by atoms with Gasteiger partial charge in [-0.2, -0.15) is 40.6 Å². The number of anilines is 3. The molecule has 4 aromatic rings. The Balaban J connectivity index is 1.29. The van der Waals surface area contributed by atoms with Gasteiger partial charge in [0.1, 0.15) is 9.80 Å². The van der Waals surface area contributed by atoms with Gasteiger partial charge >= 0.3 is 0 Å². The Kier molecular flexibility index (Phi) is 10.3. The SMILES string of the molecule is CC(=O)Nc1cc2c(cc1S(=O)(=O)O)C=C(S(=O)(=O)O)C(=NNc1ccc(C(=O)Nc3ccc(N=Nc4ccc(S(=O)(=O)O)cc4)cc3)cc1)C2=O. The van der Waals surface area contributed by atoms with Gasteiger partial charge in [-0.1, -0.05) is 0 Å². The Hall–Kier alpha value is -5.97. The summed E-state index contributed by atoms with van der Waals surface area (Å²) in [6, 6.07) is 18.5. The maximum absolute atomic E-state index is 13.4. The van der Waals surface area contributed by atoms with E-state index in [1.165, 1.54) is 48.5 Å². The van der Waals surface area contributed by atoms with Gasteiger partial charge in [0.2, 0.25) is 11.7 Å². The van der Waals surface area contributed by atoms with Crippen LogP contribution in [0.4, 0.5) is 28.4 Å². The summed E-state index contributed by atoms with van der Waals surface area (Å²) in [4.78, 5) is 35.7. The number of benzene rings is 4. The monoisotopic (exact) mass is 768 g/mol. The van der Waals surface area contributed by atoms with Crippen LogP contribution >= 0.6 is 0 Å². The highest BCUT2D eigenvalue weighted by atomic mass is 32.2. The second-order valence-electron chi connectivity index (χ2n) is 10.7. The Labute approximate surface area is 295 Å². The maximum Gasteiger partial charge on any atom is 0.296 e. The fourth-order valence-corrected chi connectivity index (χ4v) is 6.40. The molecule has 18 nitrogen and oxygen atoms in total. The van der Waals surface area contributed by atoms with Crippen molar-refractivity contribution in [3.05, 3.63) is 107 Å². The number of rotatable bonds is 10. The van der Waals surface area contributed by atoms with Gasteiger partial charge in [-0.05, 0) is 96.6 Å². The van der Waals surface area contributed by atoms with E-state index >= 15 is 0 Å². The minimum atomic E-state index is -5.11. The molecule has 268 valence electrons. The van der Waals surface area contributed by atoms with Crippen LogP contribution in [0.15, 0.2) is 115 Å². The highest BCUT2D eigenvalue weighted by Gasteiger charge is 2.34. The average Bonchev–Trinajstić information content (AvgIpc) is 3.06. The number of allylic oxidation sites excluding steroid dienone is 1. The van der Waals surface area contributed by atoms with Crippen LogP contribution in [-0.4, -0.2) is 62.2 Å². The minimum absolute atomic E-state index is 0.181. The molecule has 21 heteroatoms. The molecular weight excluding hydrogens is 745 g/mol. The fraction of sp³-hybridized carbons (Fsp3) is 0.0323. The molecule has 1 aliphatic carbocycles. The summed E-state index contributed by atoms with van der Waals surface area (Å²) in [5.41, 5.74) is 2.13. The number of hydrogen-bond donors (Lipinski definition) is 6. The summed E-state index contributed by atoms with van der Waals surface area (Å²) in [6.07, 6.45) is 0.773. The van der Waals surface area contributed by atoms with E-state index in [1.807, 2.05) is 0 Å². The topological polar surface area (TPSA) is 287 Å². The molecule has 0 atom stereocenters. The van der Waals surface area contributed by atoms with E-state index in [9.17, 15) is 48.7 Å². The molecule has 0 heterocycles. The summed E-state index contributed by atoms with van der Waals surface area (Å²) in [5.74, 6) is -2.33.